The molecule has 1 aromatic carbocycles. The molecule has 1 aliphatic rings. The summed E-state index contributed by atoms with van der Waals surface area (Å²) in [5.41, 5.74) is 4.09. The Morgan fingerprint density at radius 2 is 2.00 bits per heavy atom. The lowest BCUT2D eigenvalue weighted by molar-refractivity contribution is 1.42. The van der Waals surface area contributed by atoms with Crippen molar-refractivity contribution in [2.45, 2.75) is 13.3 Å². The summed E-state index contributed by atoms with van der Waals surface area (Å²) in [6.07, 6.45) is 7.75. The van der Waals surface area contributed by atoms with Gasteiger partial charge in [-0.2, -0.15) is 0 Å². The monoisotopic (exact) mass is 156 g/mol. The van der Waals surface area contributed by atoms with Gasteiger partial charge in [-0.05, 0) is 30.0 Å². The highest BCUT2D eigenvalue weighted by molar-refractivity contribution is 5.77. The molecule has 0 bridgehead atoms. The van der Waals surface area contributed by atoms with Crippen LogP contribution in [0, 0.1) is 6.92 Å². The van der Waals surface area contributed by atoms with Gasteiger partial charge in [-0.1, -0.05) is 42.5 Å². The SMILES string of the molecule is Cc1ccccc1C1=CCC=C1. The molecule has 0 heteroatoms. The molecule has 0 saturated heterocycles. The van der Waals surface area contributed by atoms with E-state index in [1.165, 1.54) is 16.7 Å². The fraction of sp³-hybridized carbons (Fsp3) is 0.167. The van der Waals surface area contributed by atoms with Crippen LogP contribution in [0.2, 0.25) is 0 Å². The van der Waals surface area contributed by atoms with E-state index in [0.717, 1.165) is 6.42 Å². The third kappa shape index (κ3) is 1.20. The Morgan fingerprint density at radius 3 is 2.67 bits per heavy atom. The van der Waals surface area contributed by atoms with Crippen LogP contribution in [0.5, 0.6) is 0 Å². The molecule has 0 saturated carbocycles. The first-order valence-electron chi connectivity index (χ1n) is 4.30. The summed E-state index contributed by atoms with van der Waals surface area (Å²) in [7, 11) is 0. The van der Waals surface area contributed by atoms with E-state index in [-0.39, 0.29) is 0 Å². The molecule has 0 radical (unpaired) electrons. The molecule has 0 aliphatic heterocycles. The van der Waals surface area contributed by atoms with Gasteiger partial charge in [0.25, 0.3) is 0 Å². The van der Waals surface area contributed by atoms with Gasteiger partial charge in [0.2, 0.25) is 0 Å². The largest absolute Gasteiger partial charge is 0.0801 e. The number of hydrogen-bond acceptors (Lipinski definition) is 0. The minimum Gasteiger partial charge on any atom is -0.0801 e. The average molecular weight is 156 g/mol. The van der Waals surface area contributed by atoms with Crippen molar-refractivity contribution in [3.63, 3.8) is 0 Å². The summed E-state index contributed by atoms with van der Waals surface area (Å²) in [6, 6.07) is 8.51. The van der Waals surface area contributed by atoms with Gasteiger partial charge in [0.1, 0.15) is 0 Å². The first-order valence-corrected chi connectivity index (χ1v) is 4.30. The summed E-state index contributed by atoms with van der Waals surface area (Å²) >= 11 is 0. The molecule has 0 nitrogen and oxygen atoms in total. The van der Waals surface area contributed by atoms with Gasteiger partial charge in [0.05, 0.1) is 0 Å². The third-order valence-electron chi connectivity index (χ3n) is 2.23. The van der Waals surface area contributed by atoms with E-state index >= 15 is 0 Å². The van der Waals surface area contributed by atoms with Crippen LogP contribution in [0.3, 0.4) is 0 Å². The van der Waals surface area contributed by atoms with Gasteiger partial charge >= 0.3 is 0 Å². The Hall–Kier alpha value is -1.30. The lowest BCUT2D eigenvalue weighted by Gasteiger charge is -2.03. The van der Waals surface area contributed by atoms with Gasteiger partial charge in [0.15, 0.2) is 0 Å². The van der Waals surface area contributed by atoms with E-state index in [0.29, 0.717) is 0 Å². The maximum absolute atomic E-state index is 2.27. The summed E-state index contributed by atoms with van der Waals surface area (Å²) < 4.78 is 0. The molecular weight excluding hydrogens is 144 g/mol. The molecule has 60 valence electrons. The van der Waals surface area contributed by atoms with E-state index in [9.17, 15) is 0 Å². The van der Waals surface area contributed by atoms with Crippen LogP contribution in [-0.2, 0) is 0 Å². The fourth-order valence-electron chi connectivity index (χ4n) is 1.55. The Morgan fingerprint density at radius 1 is 1.17 bits per heavy atom. The van der Waals surface area contributed by atoms with Crippen LogP contribution in [0.4, 0.5) is 0 Å². The van der Waals surface area contributed by atoms with Crippen molar-refractivity contribution < 1.29 is 0 Å². The summed E-state index contributed by atoms with van der Waals surface area (Å²) in [4.78, 5) is 0. The molecule has 0 N–H and O–H groups in total. The van der Waals surface area contributed by atoms with E-state index in [4.69, 9.17) is 0 Å². The summed E-state index contributed by atoms with van der Waals surface area (Å²) in [5, 5.41) is 0. The molecular formula is C12H12. The number of rotatable bonds is 1. The standard InChI is InChI=1S/C12H12/c1-10-6-2-5-9-12(10)11-7-3-4-8-11/h2-3,5-9H,4H2,1H3. The van der Waals surface area contributed by atoms with Crippen molar-refractivity contribution in [2.75, 3.05) is 0 Å². The summed E-state index contributed by atoms with van der Waals surface area (Å²) in [5.74, 6) is 0. The van der Waals surface area contributed by atoms with Crippen molar-refractivity contribution in [1.29, 1.82) is 0 Å². The Balaban J connectivity index is 2.46. The highest BCUT2D eigenvalue weighted by atomic mass is 14.1. The van der Waals surface area contributed by atoms with Crippen molar-refractivity contribution in [1.82, 2.24) is 0 Å². The van der Waals surface area contributed by atoms with E-state index in [1.807, 2.05) is 0 Å². The predicted octanol–water partition coefficient (Wildman–Crippen LogP) is 3.34. The van der Waals surface area contributed by atoms with Crippen molar-refractivity contribution in [3.8, 4) is 0 Å². The van der Waals surface area contributed by atoms with Gasteiger partial charge in [-0.25, -0.2) is 0 Å². The number of allylic oxidation sites excluding steroid dienone is 4. The topological polar surface area (TPSA) is 0 Å². The van der Waals surface area contributed by atoms with Gasteiger partial charge < -0.3 is 0 Å². The smallest absolute Gasteiger partial charge is 0.0157 e. The van der Waals surface area contributed by atoms with Crippen LogP contribution in [0.15, 0.2) is 42.5 Å². The van der Waals surface area contributed by atoms with Gasteiger partial charge in [0, 0.05) is 0 Å². The quantitative estimate of drug-likeness (QED) is 0.585. The first-order chi connectivity index (χ1) is 5.88. The van der Waals surface area contributed by atoms with Crippen LogP contribution in [-0.4, -0.2) is 0 Å². The van der Waals surface area contributed by atoms with Crippen molar-refractivity contribution in [2.24, 2.45) is 0 Å². The Kier molecular flexibility index (Phi) is 1.83. The molecule has 0 amide bonds. The summed E-state index contributed by atoms with van der Waals surface area (Å²) in [6.45, 7) is 2.16. The molecule has 0 unspecified atom stereocenters. The van der Waals surface area contributed by atoms with Crippen LogP contribution in [0.1, 0.15) is 17.5 Å². The molecule has 0 heterocycles. The molecule has 0 fully saturated rings. The number of aryl methyl sites for hydroxylation is 1. The number of hydrogen-bond donors (Lipinski definition) is 0. The minimum absolute atomic E-state index is 1.09. The van der Waals surface area contributed by atoms with Crippen LogP contribution in [0.25, 0.3) is 5.57 Å². The predicted molar refractivity (Wildman–Crippen MR) is 52.9 cm³/mol. The lowest BCUT2D eigenvalue weighted by atomic mass is 10.0. The maximum atomic E-state index is 2.27. The van der Waals surface area contributed by atoms with E-state index in [2.05, 4.69) is 49.4 Å². The molecule has 0 atom stereocenters. The van der Waals surface area contributed by atoms with Crippen LogP contribution >= 0.6 is 0 Å². The highest BCUT2D eigenvalue weighted by Crippen LogP contribution is 2.23. The van der Waals surface area contributed by atoms with E-state index < -0.39 is 0 Å². The maximum Gasteiger partial charge on any atom is -0.0157 e. The van der Waals surface area contributed by atoms with Crippen molar-refractivity contribution >= 4 is 5.57 Å². The van der Waals surface area contributed by atoms with Crippen LogP contribution < -0.4 is 0 Å². The molecule has 1 aliphatic carbocycles. The highest BCUT2D eigenvalue weighted by Gasteiger charge is 2.02. The zero-order chi connectivity index (χ0) is 8.39. The molecule has 12 heavy (non-hydrogen) atoms. The zero-order valence-electron chi connectivity index (χ0n) is 7.25. The fourth-order valence-corrected chi connectivity index (χ4v) is 1.55. The first kappa shape index (κ1) is 7.35. The second-order valence-corrected chi connectivity index (χ2v) is 3.11. The number of benzene rings is 1. The normalized spacial score (nSPS) is 14.9. The molecule has 2 rings (SSSR count). The second-order valence-electron chi connectivity index (χ2n) is 3.11. The van der Waals surface area contributed by atoms with E-state index in [1.54, 1.807) is 0 Å². The molecule has 1 aromatic rings. The second kappa shape index (κ2) is 2.98. The Bertz CT molecular complexity index is 343. The Labute approximate surface area is 73.2 Å². The minimum atomic E-state index is 1.09. The molecule has 0 spiro atoms. The lowest BCUT2D eigenvalue weighted by Crippen LogP contribution is -1.83. The van der Waals surface area contributed by atoms with Gasteiger partial charge in [-0.15, -0.1) is 0 Å². The van der Waals surface area contributed by atoms with Crippen molar-refractivity contribution in [3.05, 3.63) is 53.6 Å². The molecule has 0 aromatic heterocycles. The average Bonchev–Trinajstić information content (AvgIpc) is 2.57. The third-order valence-corrected chi connectivity index (χ3v) is 2.23. The van der Waals surface area contributed by atoms with Gasteiger partial charge in [-0.3, -0.25) is 0 Å². The zero-order valence-corrected chi connectivity index (χ0v) is 7.25.